The predicted molar refractivity (Wildman–Crippen MR) is 120 cm³/mol. The Kier molecular flexibility index (Phi) is 8.37. The summed E-state index contributed by atoms with van der Waals surface area (Å²) in [5.41, 5.74) is 3.47. The highest BCUT2D eigenvalue weighted by Gasteiger charge is 2.19. The third kappa shape index (κ3) is 6.36. The number of hydrogen-bond donors (Lipinski definition) is 1. The normalized spacial score (nSPS) is 15.8. The first-order valence-corrected chi connectivity index (χ1v) is 10.6. The van der Waals surface area contributed by atoms with E-state index in [4.69, 9.17) is 14.2 Å². The van der Waals surface area contributed by atoms with Gasteiger partial charge in [-0.3, -0.25) is 4.90 Å². The van der Waals surface area contributed by atoms with Crippen molar-refractivity contribution in [3.05, 3.63) is 53.6 Å². The molecule has 2 aromatic rings. The quantitative estimate of drug-likeness (QED) is 0.604. The van der Waals surface area contributed by atoms with Gasteiger partial charge in [-0.15, -0.1) is 0 Å². The van der Waals surface area contributed by atoms with Crippen molar-refractivity contribution in [3.8, 4) is 11.5 Å². The lowest BCUT2D eigenvalue weighted by molar-refractivity contribution is 0.00707. The van der Waals surface area contributed by atoms with Crippen LogP contribution in [0.25, 0.3) is 0 Å². The molecular weight excluding hydrogens is 380 g/mol. The molecule has 0 saturated carbocycles. The minimum absolute atomic E-state index is 0.328. The number of hydrogen-bond acceptors (Lipinski definition) is 6. The Morgan fingerprint density at radius 3 is 2.23 bits per heavy atom. The van der Waals surface area contributed by atoms with Gasteiger partial charge in [0.05, 0.1) is 26.4 Å². The van der Waals surface area contributed by atoms with Gasteiger partial charge in [0, 0.05) is 38.4 Å². The van der Waals surface area contributed by atoms with Gasteiger partial charge in [-0.2, -0.15) is 0 Å². The number of para-hydroxylation sites is 1. The van der Waals surface area contributed by atoms with Gasteiger partial charge in [0.25, 0.3) is 0 Å². The Labute approximate surface area is 180 Å². The van der Waals surface area contributed by atoms with Gasteiger partial charge >= 0.3 is 0 Å². The molecule has 1 aliphatic rings. The standard InChI is InChI=1S/C24H34N2O4/c1-19-5-4-6-20(2)24(19)30-16-15-29-18-22(27)17-25-11-13-26(14-12-25)21-7-9-23(28-3)10-8-21/h4-10,22,27H,11-18H2,1-3H3/t22-/m0/s1. The molecule has 0 radical (unpaired) electrons. The second-order valence-electron chi connectivity index (χ2n) is 7.78. The van der Waals surface area contributed by atoms with E-state index in [1.165, 1.54) is 5.69 Å². The van der Waals surface area contributed by atoms with Crippen LogP contribution < -0.4 is 14.4 Å². The Bertz CT molecular complexity index is 753. The van der Waals surface area contributed by atoms with Crippen LogP contribution in [0.15, 0.2) is 42.5 Å². The van der Waals surface area contributed by atoms with Gasteiger partial charge in [-0.1, -0.05) is 18.2 Å². The largest absolute Gasteiger partial charge is 0.497 e. The van der Waals surface area contributed by atoms with E-state index >= 15 is 0 Å². The molecule has 0 bridgehead atoms. The molecular formula is C24H34N2O4. The van der Waals surface area contributed by atoms with Crippen molar-refractivity contribution in [1.82, 2.24) is 4.90 Å². The molecule has 1 N–H and O–H groups in total. The van der Waals surface area contributed by atoms with E-state index < -0.39 is 6.10 Å². The summed E-state index contributed by atoms with van der Waals surface area (Å²) in [6.07, 6.45) is -0.488. The zero-order valence-corrected chi connectivity index (χ0v) is 18.3. The van der Waals surface area contributed by atoms with Gasteiger partial charge < -0.3 is 24.2 Å². The summed E-state index contributed by atoms with van der Waals surface area (Å²) in [7, 11) is 1.68. The van der Waals surface area contributed by atoms with Crippen LogP contribution in [0.4, 0.5) is 5.69 Å². The zero-order chi connectivity index (χ0) is 21.3. The van der Waals surface area contributed by atoms with Gasteiger partial charge in [0.15, 0.2) is 0 Å². The lowest BCUT2D eigenvalue weighted by atomic mass is 10.1. The lowest BCUT2D eigenvalue weighted by Gasteiger charge is -2.36. The molecule has 0 spiro atoms. The first-order chi connectivity index (χ1) is 14.6. The van der Waals surface area contributed by atoms with E-state index in [9.17, 15) is 5.11 Å². The van der Waals surface area contributed by atoms with E-state index in [1.807, 2.05) is 44.2 Å². The number of benzene rings is 2. The van der Waals surface area contributed by atoms with Crippen molar-refractivity contribution >= 4 is 5.69 Å². The second-order valence-corrected chi connectivity index (χ2v) is 7.78. The second kappa shape index (κ2) is 11.2. The number of aryl methyl sites for hydroxylation is 2. The summed E-state index contributed by atoms with van der Waals surface area (Å²) < 4.78 is 16.7. The van der Waals surface area contributed by atoms with E-state index in [-0.39, 0.29) is 0 Å². The third-order valence-corrected chi connectivity index (χ3v) is 5.47. The number of methoxy groups -OCH3 is 1. The number of ether oxygens (including phenoxy) is 3. The maximum Gasteiger partial charge on any atom is 0.125 e. The lowest BCUT2D eigenvalue weighted by Crippen LogP contribution is -2.49. The number of aliphatic hydroxyl groups excluding tert-OH is 1. The maximum absolute atomic E-state index is 10.3. The number of anilines is 1. The molecule has 1 atom stereocenters. The average Bonchev–Trinajstić information content (AvgIpc) is 2.76. The fourth-order valence-corrected chi connectivity index (χ4v) is 3.78. The Hall–Kier alpha value is -2.28. The van der Waals surface area contributed by atoms with Gasteiger partial charge in [-0.05, 0) is 49.2 Å². The summed E-state index contributed by atoms with van der Waals surface area (Å²) in [4.78, 5) is 4.66. The first kappa shape index (κ1) is 22.4. The van der Waals surface area contributed by atoms with Crippen LogP contribution in [0, 0.1) is 13.8 Å². The fraction of sp³-hybridized carbons (Fsp3) is 0.500. The molecule has 0 amide bonds. The predicted octanol–water partition coefficient (Wildman–Crippen LogP) is 2.89. The molecule has 6 heteroatoms. The summed E-state index contributed by atoms with van der Waals surface area (Å²) in [6, 6.07) is 14.3. The minimum atomic E-state index is -0.488. The van der Waals surface area contributed by atoms with Crippen LogP contribution in [0.5, 0.6) is 11.5 Å². The monoisotopic (exact) mass is 414 g/mol. The summed E-state index contributed by atoms with van der Waals surface area (Å²) in [5, 5.41) is 10.3. The minimum Gasteiger partial charge on any atom is -0.497 e. The highest BCUT2D eigenvalue weighted by molar-refractivity contribution is 5.49. The number of rotatable bonds is 10. The molecule has 0 aliphatic carbocycles. The zero-order valence-electron chi connectivity index (χ0n) is 18.3. The average molecular weight is 415 g/mol. The van der Waals surface area contributed by atoms with Crippen molar-refractivity contribution in [3.63, 3.8) is 0 Å². The van der Waals surface area contributed by atoms with Crippen molar-refractivity contribution < 1.29 is 19.3 Å². The summed E-state index contributed by atoms with van der Waals surface area (Å²) in [5.74, 6) is 1.80. The van der Waals surface area contributed by atoms with Crippen LogP contribution in [-0.4, -0.2) is 75.8 Å². The molecule has 6 nitrogen and oxygen atoms in total. The molecule has 2 aromatic carbocycles. The smallest absolute Gasteiger partial charge is 0.125 e. The molecule has 1 fully saturated rings. The highest BCUT2D eigenvalue weighted by Crippen LogP contribution is 2.22. The Morgan fingerprint density at radius 2 is 1.60 bits per heavy atom. The maximum atomic E-state index is 10.3. The summed E-state index contributed by atoms with van der Waals surface area (Å²) >= 11 is 0. The van der Waals surface area contributed by atoms with Crippen LogP contribution in [0.1, 0.15) is 11.1 Å². The van der Waals surface area contributed by atoms with Gasteiger partial charge in [0.1, 0.15) is 18.1 Å². The number of nitrogens with zero attached hydrogens (tertiary/aromatic N) is 2. The fourth-order valence-electron chi connectivity index (χ4n) is 3.78. The topological polar surface area (TPSA) is 54.4 Å². The number of aliphatic hydroxyl groups is 1. The molecule has 164 valence electrons. The highest BCUT2D eigenvalue weighted by atomic mass is 16.5. The van der Waals surface area contributed by atoms with Crippen LogP contribution in [-0.2, 0) is 4.74 Å². The molecule has 1 heterocycles. The van der Waals surface area contributed by atoms with E-state index in [0.29, 0.717) is 26.4 Å². The number of β-amino-alcohol motifs (C(OH)–C–C–N with tert-alkyl or cyclic N) is 1. The molecule has 0 aromatic heterocycles. The van der Waals surface area contributed by atoms with Crippen molar-refractivity contribution in [1.29, 1.82) is 0 Å². The molecule has 30 heavy (non-hydrogen) atoms. The van der Waals surface area contributed by atoms with Crippen molar-refractivity contribution in [2.45, 2.75) is 20.0 Å². The molecule has 3 rings (SSSR count). The Balaban J connectivity index is 1.30. The van der Waals surface area contributed by atoms with Crippen molar-refractivity contribution in [2.24, 2.45) is 0 Å². The van der Waals surface area contributed by atoms with E-state index in [2.05, 4.69) is 21.9 Å². The van der Waals surface area contributed by atoms with Crippen LogP contribution in [0.2, 0.25) is 0 Å². The van der Waals surface area contributed by atoms with Crippen LogP contribution in [0.3, 0.4) is 0 Å². The summed E-state index contributed by atoms with van der Waals surface area (Å²) in [6.45, 7) is 9.76. The molecule has 1 aliphatic heterocycles. The number of piperazine rings is 1. The Morgan fingerprint density at radius 1 is 0.933 bits per heavy atom. The van der Waals surface area contributed by atoms with Crippen LogP contribution >= 0.6 is 0 Å². The van der Waals surface area contributed by atoms with Gasteiger partial charge in [0.2, 0.25) is 0 Å². The van der Waals surface area contributed by atoms with E-state index in [0.717, 1.165) is 48.8 Å². The van der Waals surface area contributed by atoms with Gasteiger partial charge in [-0.25, -0.2) is 0 Å². The first-order valence-electron chi connectivity index (χ1n) is 10.6. The van der Waals surface area contributed by atoms with E-state index in [1.54, 1.807) is 7.11 Å². The van der Waals surface area contributed by atoms with Crippen molar-refractivity contribution in [2.75, 3.05) is 64.6 Å². The molecule has 1 saturated heterocycles. The molecule has 0 unspecified atom stereocenters. The third-order valence-electron chi connectivity index (χ3n) is 5.47. The SMILES string of the molecule is COc1ccc(N2CCN(C[C@H](O)COCCOc3c(C)cccc3C)CC2)cc1.